The van der Waals surface area contributed by atoms with Gasteiger partial charge in [0.25, 0.3) is 0 Å². The van der Waals surface area contributed by atoms with E-state index in [1.54, 1.807) is 4.40 Å². The van der Waals surface area contributed by atoms with Crippen molar-refractivity contribution in [3.63, 3.8) is 0 Å². The second-order valence-electron chi connectivity index (χ2n) is 14.8. The molecule has 3 aromatic carbocycles. The fraction of sp³-hybridized carbons (Fsp3) is 0.368. The number of aromatic nitrogens is 1. The van der Waals surface area contributed by atoms with E-state index in [0.717, 1.165) is 11.3 Å². The first-order valence-corrected chi connectivity index (χ1v) is 23.3. The van der Waals surface area contributed by atoms with Crippen LogP contribution in [0.5, 0.6) is 0 Å². The molecule has 2 aromatic heterocycles. The number of thiophene rings is 1. The van der Waals surface area contributed by atoms with Gasteiger partial charge in [-0.2, -0.15) is 0 Å². The predicted octanol–water partition coefficient (Wildman–Crippen LogP) is 10.8. The minimum Gasteiger partial charge on any atom is 0 e. The molecule has 0 aliphatic heterocycles. The summed E-state index contributed by atoms with van der Waals surface area (Å²) in [6.07, 6.45) is 3.29. The summed E-state index contributed by atoms with van der Waals surface area (Å²) in [5.41, 5.74) is 2.75. The zero-order valence-corrected chi connectivity index (χ0v) is 33.3. The number of carbonyl (C=O) groups is 1. The molecule has 0 fully saturated rings. The van der Waals surface area contributed by atoms with E-state index in [9.17, 15) is 9.90 Å². The number of benzene rings is 3. The molecule has 0 saturated carbocycles. The zero-order valence-electron chi connectivity index (χ0n) is 28.0. The van der Waals surface area contributed by atoms with E-state index in [4.69, 9.17) is 4.98 Å². The van der Waals surface area contributed by atoms with Crippen molar-refractivity contribution in [2.75, 3.05) is 0 Å². The monoisotopic (exact) mass is 847 g/mol. The molecule has 2 heterocycles. The van der Waals surface area contributed by atoms with E-state index in [1.807, 2.05) is 59.1 Å². The molecule has 0 aliphatic carbocycles. The summed E-state index contributed by atoms with van der Waals surface area (Å²) in [7, 11) is 0. The number of aliphatic hydroxyl groups is 1. The first-order chi connectivity index (χ1) is 19.9. The third-order valence-electron chi connectivity index (χ3n) is 7.71. The van der Waals surface area contributed by atoms with E-state index in [-0.39, 0.29) is 37.1 Å². The second kappa shape index (κ2) is 13.6. The number of hydrogen-bond donors (Lipinski definition) is 1. The van der Waals surface area contributed by atoms with Crippen LogP contribution < -0.4 is 4.40 Å². The van der Waals surface area contributed by atoms with Gasteiger partial charge in [-0.3, -0.25) is 4.79 Å². The Morgan fingerprint density at radius 2 is 1.57 bits per heavy atom. The van der Waals surface area contributed by atoms with E-state index < -0.39 is 18.7 Å². The van der Waals surface area contributed by atoms with Gasteiger partial charge in [0.1, 0.15) is 5.76 Å². The van der Waals surface area contributed by atoms with Crippen LogP contribution in [-0.2, 0) is 24.9 Å². The van der Waals surface area contributed by atoms with E-state index >= 15 is 0 Å². The fourth-order valence-electron chi connectivity index (χ4n) is 4.81. The molecular formula is C38H46GeIrNO2S-. The van der Waals surface area contributed by atoms with Crippen LogP contribution in [0, 0.1) is 16.9 Å². The maximum absolute atomic E-state index is 11.5. The van der Waals surface area contributed by atoms with Gasteiger partial charge in [0.05, 0.1) is 0 Å². The number of rotatable bonds is 4. The van der Waals surface area contributed by atoms with E-state index in [1.165, 1.54) is 42.6 Å². The number of ketones is 1. The average Bonchev–Trinajstić information content (AvgIpc) is 3.29. The first-order valence-electron chi connectivity index (χ1n) is 15.1. The maximum atomic E-state index is 11.5. The molecule has 0 saturated heterocycles. The first kappa shape index (κ1) is 36.2. The summed E-state index contributed by atoms with van der Waals surface area (Å²) >= 11 is 0.0284. The maximum Gasteiger partial charge on any atom is 0 e. The number of carbonyl (C=O) groups excluding carboxylic acids is 1. The Bertz CT molecular complexity index is 1830. The smallest absolute Gasteiger partial charge is 0 e. The van der Waals surface area contributed by atoms with Gasteiger partial charge in [-0.1, -0.05) is 41.5 Å². The van der Waals surface area contributed by atoms with Gasteiger partial charge < -0.3 is 5.11 Å². The number of nitrogens with zero attached hydrogens (tertiary/aromatic N) is 1. The second-order valence-corrected chi connectivity index (χ2v) is 26.6. The quantitative estimate of drug-likeness (QED) is 0.0849. The Hall–Kier alpha value is -2.31. The van der Waals surface area contributed by atoms with Crippen LogP contribution in [0.15, 0.2) is 72.6 Å². The number of hydrogen-bond acceptors (Lipinski definition) is 4. The van der Waals surface area contributed by atoms with Crippen LogP contribution in [-0.4, -0.2) is 29.1 Å². The minimum atomic E-state index is -1.86. The largest absolute Gasteiger partial charge is 0 e. The van der Waals surface area contributed by atoms with Crippen molar-refractivity contribution in [3.8, 4) is 11.3 Å². The average molecular weight is 846 g/mol. The number of allylic oxidation sites excluding steroid dienone is 2. The molecule has 0 spiro atoms. The van der Waals surface area contributed by atoms with Crippen LogP contribution in [0.4, 0.5) is 0 Å². The Labute approximate surface area is 283 Å². The summed E-state index contributed by atoms with van der Waals surface area (Å²) in [5, 5.41) is 14.6. The van der Waals surface area contributed by atoms with Gasteiger partial charge in [0, 0.05) is 37.0 Å². The number of pyridine rings is 1. The van der Waals surface area contributed by atoms with E-state index in [2.05, 4.69) is 91.8 Å². The summed E-state index contributed by atoms with van der Waals surface area (Å²) in [6.45, 7) is 15.6. The molecule has 235 valence electrons. The molecule has 3 nitrogen and oxygen atoms in total. The Balaban J connectivity index is 0.000000324. The van der Waals surface area contributed by atoms with Crippen molar-refractivity contribution < 1.29 is 30.0 Å². The van der Waals surface area contributed by atoms with Crippen LogP contribution in [0.3, 0.4) is 0 Å². The van der Waals surface area contributed by atoms with Gasteiger partial charge in [-0.25, -0.2) is 0 Å². The standard InChI is InChI=1S/C27H26GeNS.C11H20O2.Ir/c1-17(2)23-15-19(14-18-8-6-7-9-21(18)23)27-26-22-11-10-20(28(3,4)5)16-25(22)30-24(26)12-13-29-27;1-10(2,3)8(12)7-9(13)11(4,5)6;/h6-13,15-17H,1-5H3;7,12H,1-6H3;/q-1;;/b;8-7-;. The van der Waals surface area contributed by atoms with Crippen LogP contribution in [0.2, 0.25) is 17.3 Å². The van der Waals surface area contributed by atoms with Crippen LogP contribution in [0.25, 0.3) is 42.2 Å². The van der Waals surface area contributed by atoms with Crippen molar-refractivity contribution in [1.29, 1.82) is 0 Å². The van der Waals surface area contributed by atoms with Crippen LogP contribution >= 0.6 is 11.3 Å². The molecule has 0 aliphatic rings. The van der Waals surface area contributed by atoms with Gasteiger partial charge in [0.2, 0.25) is 0 Å². The molecule has 0 unspecified atom stereocenters. The molecule has 5 aromatic rings. The van der Waals surface area contributed by atoms with Crippen molar-refractivity contribution in [2.24, 2.45) is 10.8 Å². The number of aliphatic hydroxyl groups excluding tert-OH is 1. The van der Waals surface area contributed by atoms with Gasteiger partial charge in [0.15, 0.2) is 5.78 Å². The SMILES string of the molecule is CC(C)(C)C(=O)/C=C(\O)C(C)(C)C.CC(C)c1cc(-c2nccc3sc4c[c]([Ge]([CH3])([CH3])[CH3])ccc4c23)[c-]c2ccccc12.[Ir]. The van der Waals surface area contributed by atoms with Crippen LogP contribution in [0.1, 0.15) is 66.9 Å². The Kier molecular flexibility index (Phi) is 11.2. The third kappa shape index (κ3) is 8.09. The molecule has 0 atom stereocenters. The van der Waals surface area contributed by atoms with Gasteiger partial charge >= 0.3 is 186 Å². The molecule has 1 N–H and O–H groups in total. The molecule has 44 heavy (non-hydrogen) atoms. The minimum absolute atomic E-state index is 0. The normalized spacial score (nSPS) is 12.8. The fourth-order valence-corrected chi connectivity index (χ4v) is 8.61. The van der Waals surface area contributed by atoms with Crippen molar-refractivity contribution in [3.05, 3.63) is 84.3 Å². The molecule has 0 bridgehead atoms. The topological polar surface area (TPSA) is 50.2 Å². The van der Waals surface area contributed by atoms with Gasteiger partial charge in [-0.15, -0.1) is 0 Å². The summed E-state index contributed by atoms with van der Waals surface area (Å²) in [5.74, 6) is 7.92. The predicted molar refractivity (Wildman–Crippen MR) is 191 cm³/mol. The van der Waals surface area contributed by atoms with Crippen molar-refractivity contribution in [2.45, 2.75) is 78.6 Å². The molecular weight excluding hydrogens is 799 g/mol. The Morgan fingerprint density at radius 1 is 0.909 bits per heavy atom. The Morgan fingerprint density at radius 3 is 2.16 bits per heavy atom. The molecule has 6 heteroatoms. The summed E-state index contributed by atoms with van der Waals surface area (Å²) in [4.78, 5) is 16.4. The van der Waals surface area contributed by atoms with Crippen molar-refractivity contribution in [1.82, 2.24) is 4.98 Å². The molecule has 1 radical (unpaired) electrons. The van der Waals surface area contributed by atoms with E-state index in [0.29, 0.717) is 5.92 Å². The summed E-state index contributed by atoms with van der Waals surface area (Å²) in [6, 6.07) is 23.8. The summed E-state index contributed by atoms with van der Waals surface area (Å²) < 4.78 is 4.24. The molecule has 0 amide bonds. The van der Waals surface area contributed by atoms with Crippen molar-refractivity contribution >= 4 is 65.7 Å². The molecule has 5 rings (SSSR count). The van der Waals surface area contributed by atoms with Gasteiger partial charge in [-0.05, 0) is 0 Å². The third-order valence-corrected chi connectivity index (χ3v) is 13.1. The zero-order chi connectivity index (χ0) is 31.9. The number of fused-ring (bicyclic) bond motifs is 4.